The van der Waals surface area contributed by atoms with Crippen LogP contribution in [0.1, 0.15) is 27.0 Å². The fourth-order valence-electron chi connectivity index (χ4n) is 2.02. The molecule has 0 saturated heterocycles. The second-order valence-electron chi connectivity index (χ2n) is 5.13. The van der Waals surface area contributed by atoms with Gasteiger partial charge in [0.25, 0.3) is 5.91 Å². The van der Waals surface area contributed by atoms with Crippen molar-refractivity contribution in [1.29, 1.82) is 0 Å². The zero-order valence-corrected chi connectivity index (χ0v) is 17.6. The van der Waals surface area contributed by atoms with E-state index in [9.17, 15) is 4.79 Å². The highest BCUT2D eigenvalue weighted by Crippen LogP contribution is 2.15. The summed E-state index contributed by atoms with van der Waals surface area (Å²) in [7, 11) is 0. The minimum Gasteiger partial charge on any atom is -0.357 e. The maximum atomic E-state index is 11.9. The van der Waals surface area contributed by atoms with Crippen LogP contribution in [0, 0.1) is 6.92 Å². The molecule has 0 aromatic carbocycles. The van der Waals surface area contributed by atoms with Gasteiger partial charge in [-0.1, -0.05) is 0 Å². The van der Waals surface area contributed by atoms with Gasteiger partial charge in [0, 0.05) is 41.8 Å². The molecular weight excluding hydrogens is 449 g/mol. The van der Waals surface area contributed by atoms with Crippen molar-refractivity contribution in [3.63, 3.8) is 0 Å². The van der Waals surface area contributed by atoms with Gasteiger partial charge in [-0.25, -0.2) is 4.99 Å². The third-order valence-corrected chi connectivity index (χ3v) is 4.15. The molecule has 6 nitrogen and oxygen atoms in total. The maximum Gasteiger partial charge on any atom is 0.252 e. The van der Waals surface area contributed by atoms with Crippen LogP contribution in [-0.2, 0) is 6.54 Å². The van der Waals surface area contributed by atoms with Crippen molar-refractivity contribution in [1.82, 2.24) is 20.9 Å². The lowest BCUT2D eigenvalue weighted by atomic mass is 10.3. The summed E-state index contributed by atoms with van der Waals surface area (Å²) in [6, 6.07) is 7.69. The number of guanidine groups is 1. The van der Waals surface area contributed by atoms with Gasteiger partial charge in [-0.2, -0.15) is 0 Å². The number of pyridine rings is 1. The first-order valence-corrected chi connectivity index (χ1v) is 8.76. The van der Waals surface area contributed by atoms with Gasteiger partial charge in [0.15, 0.2) is 5.96 Å². The molecule has 8 heteroatoms. The molecular formula is C17H24IN5OS. The van der Waals surface area contributed by atoms with Crippen LogP contribution < -0.4 is 16.0 Å². The predicted molar refractivity (Wildman–Crippen MR) is 114 cm³/mol. The number of hydrogen-bond acceptors (Lipinski definition) is 4. The van der Waals surface area contributed by atoms with Gasteiger partial charge in [0.1, 0.15) is 0 Å². The van der Waals surface area contributed by atoms with Gasteiger partial charge >= 0.3 is 0 Å². The normalized spacial score (nSPS) is 10.7. The van der Waals surface area contributed by atoms with E-state index >= 15 is 0 Å². The first-order valence-electron chi connectivity index (χ1n) is 7.94. The van der Waals surface area contributed by atoms with E-state index in [0.29, 0.717) is 25.2 Å². The Labute approximate surface area is 169 Å². The molecule has 2 rings (SSSR count). The molecule has 2 aromatic heterocycles. The van der Waals surface area contributed by atoms with Gasteiger partial charge in [0.05, 0.1) is 12.1 Å². The largest absolute Gasteiger partial charge is 0.357 e. The molecule has 25 heavy (non-hydrogen) atoms. The van der Waals surface area contributed by atoms with Crippen LogP contribution in [0.2, 0.25) is 0 Å². The van der Waals surface area contributed by atoms with Crippen molar-refractivity contribution in [3.05, 3.63) is 52.0 Å². The molecule has 136 valence electrons. The quantitative estimate of drug-likeness (QED) is 0.250. The van der Waals surface area contributed by atoms with Gasteiger partial charge in [-0.05, 0) is 38.1 Å². The molecule has 0 aliphatic rings. The van der Waals surface area contributed by atoms with Crippen molar-refractivity contribution >= 4 is 47.2 Å². The molecule has 2 heterocycles. The number of carbonyl (C=O) groups is 1. The number of carbonyl (C=O) groups excluding carboxylic acids is 1. The number of nitrogens with one attached hydrogen (secondary N) is 3. The number of aromatic nitrogens is 1. The average molecular weight is 473 g/mol. The highest BCUT2D eigenvalue weighted by molar-refractivity contribution is 14.0. The molecule has 0 unspecified atom stereocenters. The number of thiophene rings is 1. The summed E-state index contributed by atoms with van der Waals surface area (Å²) in [4.78, 5) is 22.9. The number of halogens is 1. The van der Waals surface area contributed by atoms with E-state index in [1.165, 1.54) is 9.75 Å². The highest BCUT2D eigenvalue weighted by atomic mass is 127. The third-order valence-electron chi connectivity index (χ3n) is 3.16. The smallest absolute Gasteiger partial charge is 0.252 e. The molecule has 0 fully saturated rings. The highest BCUT2D eigenvalue weighted by Gasteiger charge is 2.04. The number of hydrogen-bond donors (Lipinski definition) is 3. The summed E-state index contributed by atoms with van der Waals surface area (Å²) in [5.41, 5.74) is 0.561. The zero-order valence-electron chi connectivity index (χ0n) is 14.4. The van der Waals surface area contributed by atoms with E-state index in [1.54, 1.807) is 35.9 Å². The SMILES string of the molecule is CCNC(=NCc1ccc(C)s1)NCCNC(=O)c1cccnc1.I. The van der Waals surface area contributed by atoms with Crippen LogP contribution in [0.15, 0.2) is 41.7 Å². The van der Waals surface area contributed by atoms with E-state index in [1.807, 2.05) is 6.92 Å². The Bertz CT molecular complexity index is 675. The lowest BCUT2D eigenvalue weighted by Gasteiger charge is -2.11. The van der Waals surface area contributed by atoms with Gasteiger partial charge in [-0.15, -0.1) is 35.3 Å². The Morgan fingerprint density at radius 2 is 2.00 bits per heavy atom. The molecule has 0 atom stereocenters. The summed E-state index contributed by atoms with van der Waals surface area (Å²) in [6.45, 7) is 6.66. The Balaban J connectivity index is 0.00000312. The summed E-state index contributed by atoms with van der Waals surface area (Å²) in [6.07, 6.45) is 3.20. The van der Waals surface area contributed by atoms with Gasteiger partial charge < -0.3 is 16.0 Å². The number of aryl methyl sites for hydroxylation is 1. The number of nitrogens with zero attached hydrogens (tertiary/aromatic N) is 2. The fraction of sp³-hybridized carbons (Fsp3) is 0.353. The predicted octanol–water partition coefficient (Wildman–Crippen LogP) is 2.55. The Hall–Kier alpha value is -1.68. The monoisotopic (exact) mass is 473 g/mol. The van der Waals surface area contributed by atoms with Crippen LogP contribution >= 0.6 is 35.3 Å². The van der Waals surface area contributed by atoms with Crippen molar-refractivity contribution in [2.24, 2.45) is 4.99 Å². The molecule has 0 radical (unpaired) electrons. The van der Waals surface area contributed by atoms with E-state index in [0.717, 1.165) is 12.5 Å². The van der Waals surface area contributed by atoms with Gasteiger partial charge in [-0.3, -0.25) is 9.78 Å². The van der Waals surface area contributed by atoms with Crippen LogP contribution in [0.25, 0.3) is 0 Å². The second kappa shape index (κ2) is 11.8. The molecule has 0 bridgehead atoms. The van der Waals surface area contributed by atoms with Gasteiger partial charge in [0.2, 0.25) is 0 Å². The molecule has 0 aliphatic carbocycles. The molecule has 2 aromatic rings. The fourth-order valence-corrected chi connectivity index (χ4v) is 2.84. The summed E-state index contributed by atoms with van der Waals surface area (Å²) >= 11 is 1.75. The maximum absolute atomic E-state index is 11.9. The number of rotatable bonds is 7. The Kier molecular flexibility index (Phi) is 10.1. The first-order chi connectivity index (χ1) is 11.7. The van der Waals surface area contributed by atoms with E-state index in [-0.39, 0.29) is 29.9 Å². The van der Waals surface area contributed by atoms with Crippen molar-refractivity contribution in [2.75, 3.05) is 19.6 Å². The summed E-state index contributed by atoms with van der Waals surface area (Å²) in [5, 5.41) is 9.27. The Morgan fingerprint density at radius 1 is 1.20 bits per heavy atom. The van der Waals surface area contributed by atoms with E-state index in [2.05, 4.69) is 45.0 Å². The summed E-state index contributed by atoms with van der Waals surface area (Å²) < 4.78 is 0. The molecule has 1 amide bonds. The molecule has 0 saturated carbocycles. The van der Waals surface area contributed by atoms with Crippen molar-refractivity contribution < 1.29 is 4.79 Å². The Morgan fingerprint density at radius 3 is 2.64 bits per heavy atom. The van der Waals surface area contributed by atoms with E-state index in [4.69, 9.17) is 0 Å². The second-order valence-corrected chi connectivity index (χ2v) is 6.50. The van der Waals surface area contributed by atoms with Crippen LogP contribution in [0.5, 0.6) is 0 Å². The minimum absolute atomic E-state index is 0. The lowest BCUT2D eigenvalue weighted by molar-refractivity contribution is 0.0954. The van der Waals surface area contributed by atoms with Crippen LogP contribution in [0.4, 0.5) is 0 Å². The van der Waals surface area contributed by atoms with E-state index < -0.39 is 0 Å². The standard InChI is InChI=1S/C17H23N5OS.HI/c1-3-19-17(22-12-15-7-6-13(2)24-15)21-10-9-20-16(23)14-5-4-8-18-11-14;/h4-8,11H,3,9-10,12H2,1-2H3,(H,20,23)(H2,19,21,22);1H. The zero-order chi connectivity index (χ0) is 17.2. The van der Waals surface area contributed by atoms with Crippen LogP contribution in [0.3, 0.4) is 0 Å². The third kappa shape index (κ3) is 7.82. The number of amides is 1. The van der Waals surface area contributed by atoms with Crippen molar-refractivity contribution in [2.45, 2.75) is 20.4 Å². The van der Waals surface area contributed by atoms with Crippen LogP contribution in [-0.4, -0.2) is 36.5 Å². The average Bonchev–Trinajstić information content (AvgIpc) is 3.02. The number of aliphatic imine (C=N–C) groups is 1. The minimum atomic E-state index is -0.124. The molecule has 3 N–H and O–H groups in total. The van der Waals surface area contributed by atoms with Crippen molar-refractivity contribution in [3.8, 4) is 0 Å². The summed E-state index contributed by atoms with van der Waals surface area (Å²) in [5.74, 6) is 0.625. The molecule has 0 aliphatic heterocycles. The first kappa shape index (κ1) is 21.4. The topological polar surface area (TPSA) is 78.4 Å². The lowest BCUT2D eigenvalue weighted by Crippen LogP contribution is -2.41. The molecule has 0 spiro atoms.